The monoisotopic (exact) mass is 234 g/mol. The fraction of sp³-hybridized carbons (Fsp3) is 0.643. The molecule has 0 saturated heterocycles. The Balaban J connectivity index is 1.91. The summed E-state index contributed by atoms with van der Waals surface area (Å²) in [6.45, 7) is 10.3. The zero-order chi connectivity index (χ0) is 12.7. The lowest BCUT2D eigenvalue weighted by molar-refractivity contribution is 0.413. The Labute approximate surface area is 104 Å². The Kier molecular flexibility index (Phi) is 2.80. The number of methoxy groups -OCH3 is 1. The van der Waals surface area contributed by atoms with Crippen LogP contribution >= 0.6 is 0 Å². The number of nitrogens with one attached hydrogen (secondary N) is 1. The van der Waals surface area contributed by atoms with Crippen LogP contribution in [0.3, 0.4) is 0 Å². The van der Waals surface area contributed by atoms with Crippen molar-refractivity contribution in [2.45, 2.75) is 27.7 Å². The van der Waals surface area contributed by atoms with Gasteiger partial charge in [0, 0.05) is 6.54 Å². The third kappa shape index (κ3) is 1.99. The van der Waals surface area contributed by atoms with Crippen LogP contribution in [0.2, 0.25) is 0 Å². The maximum Gasteiger partial charge on any atom is 0.137 e. The first kappa shape index (κ1) is 12.2. The number of aromatic nitrogens is 1. The van der Waals surface area contributed by atoms with Crippen LogP contribution in [0.1, 0.15) is 27.7 Å². The SMILES string of the molecule is COc1ccc(NCC2C(C)(C)C2(C)C)nc1. The van der Waals surface area contributed by atoms with Gasteiger partial charge in [-0.2, -0.15) is 0 Å². The number of hydrogen-bond acceptors (Lipinski definition) is 3. The topological polar surface area (TPSA) is 34.1 Å². The molecule has 0 amide bonds. The van der Waals surface area contributed by atoms with Crippen molar-refractivity contribution in [1.82, 2.24) is 4.98 Å². The lowest BCUT2D eigenvalue weighted by atomic mass is 10.0. The van der Waals surface area contributed by atoms with E-state index >= 15 is 0 Å². The summed E-state index contributed by atoms with van der Waals surface area (Å²) >= 11 is 0. The lowest BCUT2D eigenvalue weighted by Crippen LogP contribution is -2.09. The van der Waals surface area contributed by atoms with Gasteiger partial charge in [0.25, 0.3) is 0 Å². The van der Waals surface area contributed by atoms with E-state index in [1.54, 1.807) is 13.3 Å². The van der Waals surface area contributed by atoms with E-state index in [9.17, 15) is 0 Å². The second kappa shape index (κ2) is 3.90. The maximum atomic E-state index is 5.08. The fourth-order valence-electron chi connectivity index (χ4n) is 2.66. The molecule has 1 saturated carbocycles. The Morgan fingerprint density at radius 2 is 1.88 bits per heavy atom. The van der Waals surface area contributed by atoms with Gasteiger partial charge in [0.15, 0.2) is 0 Å². The molecular weight excluding hydrogens is 212 g/mol. The molecule has 2 rings (SSSR count). The van der Waals surface area contributed by atoms with Crippen LogP contribution in [-0.4, -0.2) is 18.6 Å². The highest BCUT2D eigenvalue weighted by atomic mass is 16.5. The normalized spacial score (nSPS) is 21.0. The Bertz CT molecular complexity index is 381. The van der Waals surface area contributed by atoms with Gasteiger partial charge in [-0.3, -0.25) is 0 Å². The molecule has 1 aromatic heterocycles. The average Bonchev–Trinajstić information content (AvgIpc) is 2.68. The standard InChI is InChI=1S/C14H22N2O/c1-13(2)11(14(13,3)4)9-16-12-7-6-10(17-5)8-15-12/h6-8,11H,9H2,1-5H3,(H,15,16). The lowest BCUT2D eigenvalue weighted by Gasteiger charge is -2.07. The van der Waals surface area contributed by atoms with Crippen molar-refractivity contribution in [2.24, 2.45) is 16.7 Å². The molecule has 0 aliphatic heterocycles. The minimum Gasteiger partial charge on any atom is -0.495 e. The molecule has 94 valence electrons. The molecule has 1 aliphatic carbocycles. The highest BCUT2D eigenvalue weighted by molar-refractivity contribution is 5.38. The van der Waals surface area contributed by atoms with Crippen molar-refractivity contribution in [1.29, 1.82) is 0 Å². The Morgan fingerprint density at radius 3 is 2.29 bits per heavy atom. The van der Waals surface area contributed by atoms with E-state index in [2.05, 4.69) is 38.0 Å². The molecule has 3 heteroatoms. The minimum absolute atomic E-state index is 0.423. The second-order valence-electron chi connectivity index (χ2n) is 5.96. The van der Waals surface area contributed by atoms with E-state index in [1.165, 1.54) is 0 Å². The van der Waals surface area contributed by atoms with E-state index < -0.39 is 0 Å². The van der Waals surface area contributed by atoms with E-state index in [0.717, 1.165) is 18.1 Å². The molecule has 1 aliphatic rings. The maximum absolute atomic E-state index is 5.08. The molecule has 0 spiro atoms. The van der Waals surface area contributed by atoms with Crippen LogP contribution in [0.25, 0.3) is 0 Å². The molecule has 0 radical (unpaired) electrons. The molecule has 0 bridgehead atoms. The van der Waals surface area contributed by atoms with Crippen LogP contribution in [0.4, 0.5) is 5.82 Å². The van der Waals surface area contributed by atoms with E-state index in [0.29, 0.717) is 16.7 Å². The summed E-state index contributed by atoms with van der Waals surface area (Å²) < 4.78 is 5.08. The molecule has 3 nitrogen and oxygen atoms in total. The third-order valence-corrected chi connectivity index (χ3v) is 4.78. The van der Waals surface area contributed by atoms with Gasteiger partial charge in [-0.25, -0.2) is 4.98 Å². The summed E-state index contributed by atoms with van der Waals surface area (Å²) in [6.07, 6.45) is 1.74. The summed E-state index contributed by atoms with van der Waals surface area (Å²) in [4.78, 5) is 4.31. The summed E-state index contributed by atoms with van der Waals surface area (Å²) in [7, 11) is 1.65. The van der Waals surface area contributed by atoms with E-state index in [4.69, 9.17) is 4.74 Å². The summed E-state index contributed by atoms with van der Waals surface area (Å²) in [5.74, 6) is 2.42. The molecular formula is C14H22N2O. The molecule has 1 N–H and O–H groups in total. The summed E-state index contributed by atoms with van der Waals surface area (Å²) in [6, 6.07) is 3.89. The van der Waals surface area contributed by atoms with Crippen molar-refractivity contribution < 1.29 is 4.74 Å². The molecule has 0 aromatic carbocycles. The predicted molar refractivity (Wildman–Crippen MR) is 70.3 cm³/mol. The Hall–Kier alpha value is -1.25. The zero-order valence-electron chi connectivity index (χ0n) is 11.4. The molecule has 1 aromatic rings. The summed E-state index contributed by atoms with van der Waals surface area (Å²) in [5.41, 5.74) is 0.846. The minimum atomic E-state index is 0.423. The van der Waals surface area contributed by atoms with Crippen LogP contribution in [-0.2, 0) is 0 Å². The smallest absolute Gasteiger partial charge is 0.137 e. The quantitative estimate of drug-likeness (QED) is 0.868. The van der Waals surface area contributed by atoms with Crippen molar-refractivity contribution in [3.8, 4) is 5.75 Å². The van der Waals surface area contributed by atoms with Crippen molar-refractivity contribution in [3.63, 3.8) is 0 Å². The first-order chi connectivity index (χ1) is 7.89. The first-order valence-electron chi connectivity index (χ1n) is 6.13. The predicted octanol–water partition coefficient (Wildman–Crippen LogP) is 3.18. The van der Waals surface area contributed by atoms with Gasteiger partial charge in [0.1, 0.15) is 11.6 Å². The average molecular weight is 234 g/mol. The largest absolute Gasteiger partial charge is 0.495 e. The first-order valence-corrected chi connectivity index (χ1v) is 6.13. The number of pyridine rings is 1. The number of nitrogens with zero attached hydrogens (tertiary/aromatic N) is 1. The van der Waals surface area contributed by atoms with Crippen LogP contribution in [0, 0.1) is 16.7 Å². The van der Waals surface area contributed by atoms with Crippen molar-refractivity contribution >= 4 is 5.82 Å². The van der Waals surface area contributed by atoms with Crippen LogP contribution in [0.15, 0.2) is 18.3 Å². The molecule has 0 atom stereocenters. The van der Waals surface area contributed by atoms with Gasteiger partial charge >= 0.3 is 0 Å². The highest BCUT2D eigenvalue weighted by Gasteiger charge is 2.64. The number of ether oxygens (including phenoxy) is 1. The highest BCUT2D eigenvalue weighted by Crippen LogP contribution is 2.68. The number of anilines is 1. The number of hydrogen-bond donors (Lipinski definition) is 1. The van der Waals surface area contributed by atoms with E-state index in [-0.39, 0.29) is 0 Å². The fourth-order valence-corrected chi connectivity index (χ4v) is 2.66. The van der Waals surface area contributed by atoms with Gasteiger partial charge < -0.3 is 10.1 Å². The number of rotatable bonds is 4. The van der Waals surface area contributed by atoms with Gasteiger partial charge in [-0.1, -0.05) is 27.7 Å². The molecule has 0 unspecified atom stereocenters. The van der Waals surface area contributed by atoms with Gasteiger partial charge in [-0.15, -0.1) is 0 Å². The Morgan fingerprint density at radius 1 is 1.24 bits per heavy atom. The van der Waals surface area contributed by atoms with Crippen LogP contribution < -0.4 is 10.1 Å². The van der Waals surface area contributed by atoms with Crippen molar-refractivity contribution in [2.75, 3.05) is 19.0 Å². The molecule has 17 heavy (non-hydrogen) atoms. The zero-order valence-corrected chi connectivity index (χ0v) is 11.4. The van der Waals surface area contributed by atoms with Crippen molar-refractivity contribution in [3.05, 3.63) is 18.3 Å². The van der Waals surface area contributed by atoms with Gasteiger partial charge in [0.05, 0.1) is 13.3 Å². The molecule has 1 fully saturated rings. The van der Waals surface area contributed by atoms with E-state index in [1.807, 2.05) is 12.1 Å². The van der Waals surface area contributed by atoms with Crippen LogP contribution in [0.5, 0.6) is 5.75 Å². The second-order valence-corrected chi connectivity index (χ2v) is 5.96. The van der Waals surface area contributed by atoms with Gasteiger partial charge in [-0.05, 0) is 28.9 Å². The molecule has 1 heterocycles. The summed E-state index contributed by atoms with van der Waals surface area (Å²) in [5, 5.41) is 3.40. The van der Waals surface area contributed by atoms with Gasteiger partial charge in [0.2, 0.25) is 0 Å². The third-order valence-electron chi connectivity index (χ3n) is 4.78.